The number of hydrogen-bond acceptors (Lipinski definition) is 4. The van der Waals surface area contributed by atoms with Gasteiger partial charge in [0.15, 0.2) is 0 Å². The highest BCUT2D eigenvalue weighted by atomic mass is 16.6. The molecule has 1 aromatic rings. The number of esters is 1. The van der Waals surface area contributed by atoms with E-state index < -0.39 is 10.9 Å². The van der Waals surface area contributed by atoms with E-state index in [1.165, 1.54) is 23.7 Å². The van der Waals surface area contributed by atoms with Gasteiger partial charge in [0, 0.05) is 12.1 Å². The molecule has 0 aliphatic carbocycles. The fourth-order valence-corrected chi connectivity index (χ4v) is 1.16. The van der Waals surface area contributed by atoms with Crippen molar-refractivity contribution in [1.82, 2.24) is 4.57 Å². The number of hydrogen-bond donors (Lipinski definition) is 0. The van der Waals surface area contributed by atoms with E-state index in [-0.39, 0.29) is 17.6 Å². The van der Waals surface area contributed by atoms with Crippen molar-refractivity contribution in [2.45, 2.75) is 20.0 Å². The van der Waals surface area contributed by atoms with Gasteiger partial charge in [-0.05, 0) is 18.8 Å². The maximum atomic E-state index is 11.4. The van der Waals surface area contributed by atoms with Gasteiger partial charge in [0.1, 0.15) is 0 Å². The van der Waals surface area contributed by atoms with E-state index in [0.29, 0.717) is 0 Å². The second kappa shape index (κ2) is 4.12. The van der Waals surface area contributed by atoms with Crippen LogP contribution in [0.2, 0.25) is 0 Å². The Morgan fingerprint density at radius 2 is 2.13 bits per heavy atom. The lowest BCUT2D eigenvalue weighted by molar-refractivity contribution is -0.391. The summed E-state index contributed by atoms with van der Waals surface area (Å²) in [4.78, 5) is 21.4. The largest absolute Gasteiger partial charge is 0.457 e. The summed E-state index contributed by atoms with van der Waals surface area (Å²) >= 11 is 0. The molecule has 0 unspecified atom stereocenters. The van der Waals surface area contributed by atoms with E-state index in [1.54, 1.807) is 13.8 Å². The monoisotopic (exact) mass is 212 g/mol. The highest BCUT2D eigenvalue weighted by molar-refractivity contribution is 5.88. The molecule has 15 heavy (non-hydrogen) atoms. The first kappa shape index (κ1) is 11.2. The number of rotatable bonds is 3. The second-order valence-corrected chi connectivity index (χ2v) is 3.35. The Morgan fingerprint density at radius 1 is 1.53 bits per heavy atom. The van der Waals surface area contributed by atoms with E-state index in [1.807, 2.05) is 0 Å². The average Bonchev–Trinajstić information content (AvgIpc) is 2.45. The topological polar surface area (TPSA) is 74.4 Å². The van der Waals surface area contributed by atoms with E-state index in [2.05, 4.69) is 0 Å². The molecule has 0 atom stereocenters. The molecule has 1 aromatic heterocycles. The minimum Gasteiger partial charge on any atom is -0.457 e. The Labute approximate surface area is 86.6 Å². The second-order valence-electron chi connectivity index (χ2n) is 3.35. The first-order chi connectivity index (χ1) is 6.93. The average molecular weight is 212 g/mol. The third kappa shape index (κ3) is 2.34. The first-order valence-corrected chi connectivity index (χ1v) is 4.44. The highest BCUT2D eigenvalue weighted by Crippen LogP contribution is 2.16. The third-order valence-electron chi connectivity index (χ3n) is 1.83. The number of nitro groups is 1. The summed E-state index contributed by atoms with van der Waals surface area (Å²) in [5.41, 5.74) is 0.176. The zero-order valence-electron chi connectivity index (χ0n) is 8.76. The standard InChI is InChI=1S/C9H12N2O4/c1-6(2)15-9(12)7-4-5-8(10(7)3)11(13)14/h4-6H,1-3H3. The fourth-order valence-electron chi connectivity index (χ4n) is 1.16. The van der Waals surface area contributed by atoms with Gasteiger partial charge in [0.2, 0.25) is 5.69 Å². The van der Waals surface area contributed by atoms with Crippen molar-refractivity contribution < 1.29 is 14.5 Å². The van der Waals surface area contributed by atoms with Gasteiger partial charge in [-0.1, -0.05) is 0 Å². The van der Waals surface area contributed by atoms with Crippen LogP contribution in [0.1, 0.15) is 24.3 Å². The Hall–Kier alpha value is -1.85. The predicted octanol–water partition coefficient (Wildman–Crippen LogP) is 1.50. The molecule has 6 heteroatoms. The van der Waals surface area contributed by atoms with E-state index in [9.17, 15) is 14.9 Å². The maximum absolute atomic E-state index is 11.4. The molecule has 1 rings (SSSR count). The number of aromatic nitrogens is 1. The number of ether oxygens (including phenoxy) is 1. The van der Waals surface area contributed by atoms with Crippen LogP contribution < -0.4 is 0 Å². The van der Waals surface area contributed by atoms with Gasteiger partial charge in [0.05, 0.1) is 13.2 Å². The fraction of sp³-hybridized carbons (Fsp3) is 0.444. The van der Waals surface area contributed by atoms with Crippen molar-refractivity contribution in [3.8, 4) is 0 Å². The molecular weight excluding hydrogens is 200 g/mol. The van der Waals surface area contributed by atoms with Gasteiger partial charge in [0.25, 0.3) is 0 Å². The van der Waals surface area contributed by atoms with Gasteiger partial charge < -0.3 is 14.9 Å². The van der Waals surface area contributed by atoms with Crippen LogP contribution in [0.15, 0.2) is 12.1 Å². The summed E-state index contributed by atoms with van der Waals surface area (Å²) in [5, 5.41) is 10.5. The molecular formula is C9H12N2O4. The smallest absolute Gasteiger partial charge is 0.378 e. The number of carbonyl (C=O) groups excluding carboxylic acids is 1. The van der Waals surface area contributed by atoms with Crippen molar-refractivity contribution in [3.05, 3.63) is 27.9 Å². The quantitative estimate of drug-likeness (QED) is 0.432. The van der Waals surface area contributed by atoms with Crippen LogP contribution in [0.4, 0.5) is 5.82 Å². The molecule has 0 aliphatic heterocycles. The molecule has 0 saturated heterocycles. The van der Waals surface area contributed by atoms with E-state index in [0.717, 1.165) is 0 Å². The molecule has 0 N–H and O–H groups in total. The molecule has 0 aromatic carbocycles. The van der Waals surface area contributed by atoms with Gasteiger partial charge in [-0.15, -0.1) is 0 Å². The number of carbonyl (C=O) groups is 1. The Morgan fingerprint density at radius 3 is 2.53 bits per heavy atom. The Kier molecular flexibility index (Phi) is 3.08. The van der Waals surface area contributed by atoms with Crippen LogP contribution in [-0.4, -0.2) is 21.6 Å². The van der Waals surface area contributed by atoms with Crippen LogP contribution in [0.5, 0.6) is 0 Å². The Bertz CT molecular complexity index is 395. The van der Waals surface area contributed by atoms with Gasteiger partial charge in [-0.25, -0.2) is 9.36 Å². The van der Waals surface area contributed by atoms with Gasteiger partial charge >= 0.3 is 11.8 Å². The van der Waals surface area contributed by atoms with Crippen molar-refractivity contribution in [2.24, 2.45) is 7.05 Å². The van der Waals surface area contributed by atoms with E-state index in [4.69, 9.17) is 4.74 Å². The zero-order chi connectivity index (χ0) is 11.6. The van der Waals surface area contributed by atoms with Crippen LogP contribution in [0, 0.1) is 10.1 Å². The first-order valence-electron chi connectivity index (χ1n) is 4.44. The lowest BCUT2D eigenvalue weighted by Crippen LogP contribution is -2.15. The summed E-state index contributed by atoms with van der Waals surface area (Å²) in [7, 11) is 1.45. The lowest BCUT2D eigenvalue weighted by Gasteiger charge is -2.06. The molecule has 82 valence electrons. The molecule has 0 radical (unpaired) electrons. The number of nitrogens with zero attached hydrogens (tertiary/aromatic N) is 2. The Balaban J connectivity index is 2.96. The minimum absolute atomic E-state index is 0.134. The summed E-state index contributed by atoms with van der Waals surface area (Å²) < 4.78 is 6.13. The third-order valence-corrected chi connectivity index (χ3v) is 1.83. The molecule has 0 bridgehead atoms. The zero-order valence-corrected chi connectivity index (χ0v) is 8.76. The van der Waals surface area contributed by atoms with Crippen molar-refractivity contribution in [3.63, 3.8) is 0 Å². The van der Waals surface area contributed by atoms with Crippen LogP contribution in [0.25, 0.3) is 0 Å². The lowest BCUT2D eigenvalue weighted by atomic mass is 10.4. The SMILES string of the molecule is CC(C)OC(=O)c1ccc([N+](=O)[O-])n1C. The molecule has 0 fully saturated rings. The molecule has 0 saturated carbocycles. The van der Waals surface area contributed by atoms with Crippen LogP contribution >= 0.6 is 0 Å². The summed E-state index contributed by atoms with van der Waals surface area (Å²) in [6.07, 6.45) is -0.244. The summed E-state index contributed by atoms with van der Waals surface area (Å²) in [6.45, 7) is 3.44. The van der Waals surface area contributed by atoms with Crippen LogP contribution in [0.3, 0.4) is 0 Å². The molecule has 0 spiro atoms. The van der Waals surface area contributed by atoms with Gasteiger partial charge in [-0.3, -0.25) is 0 Å². The minimum atomic E-state index is -0.555. The molecule has 0 amide bonds. The molecule has 1 heterocycles. The normalized spacial score (nSPS) is 10.4. The summed E-state index contributed by atoms with van der Waals surface area (Å²) in [6, 6.07) is 2.65. The molecule has 0 aliphatic rings. The van der Waals surface area contributed by atoms with Gasteiger partial charge in [-0.2, -0.15) is 0 Å². The van der Waals surface area contributed by atoms with E-state index >= 15 is 0 Å². The van der Waals surface area contributed by atoms with Crippen molar-refractivity contribution in [1.29, 1.82) is 0 Å². The summed E-state index contributed by atoms with van der Waals surface area (Å²) in [5.74, 6) is -0.689. The van der Waals surface area contributed by atoms with Crippen molar-refractivity contribution >= 4 is 11.8 Å². The van der Waals surface area contributed by atoms with Crippen molar-refractivity contribution in [2.75, 3.05) is 0 Å². The maximum Gasteiger partial charge on any atom is 0.378 e. The predicted molar refractivity (Wildman–Crippen MR) is 52.6 cm³/mol. The molecule has 6 nitrogen and oxygen atoms in total. The van der Waals surface area contributed by atoms with Crippen LogP contribution in [-0.2, 0) is 11.8 Å². The highest BCUT2D eigenvalue weighted by Gasteiger charge is 2.22.